The Balaban J connectivity index is 2.32. The van der Waals surface area contributed by atoms with Crippen molar-refractivity contribution in [1.29, 1.82) is 0 Å². The van der Waals surface area contributed by atoms with Gasteiger partial charge in [-0.25, -0.2) is 0 Å². The van der Waals surface area contributed by atoms with Crippen LogP contribution in [0.5, 0.6) is 0 Å². The lowest BCUT2D eigenvalue weighted by Crippen LogP contribution is -2.37. The molecular weight excluding hydrogens is 236 g/mol. The first kappa shape index (κ1) is 15.9. The Bertz CT molecular complexity index is 212. The maximum Gasteiger partial charge on any atom is 0.184 e. The van der Waals surface area contributed by atoms with Crippen LogP contribution in [0.25, 0.3) is 0 Å². The second-order valence-electron chi connectivity index (χ2n) is 4.67. The summed E-state index contributed by atoms with van der Waals surface area (Å²) < 4.78 is 16.3. The molecule has 5 heteroatoms. The molecule has 0 aliphatic carbocycles. The monoisotopic (exact) mass is 262 g/mol. The molecule has 0 amide bonds. The van der Waals surface area contributed by atoms with Crippen LogP contribution in [0.2, 0.25) is 0 Å². The van der Waals surface area contributed by atoms with Crippen molar-refractivity contribution in [3.05, 3.63) is 0 Å². The number of aliphatic hydroxyl groups is 2. The summed E-state index contributed by atoms with van der Waals surface area (Å²) in [5.74, 6) is 0. The summed E-state index contributed by atoms with van der Waals surface area (Å²) in [4.78, 5) is 0. The molecule has 1 aliphatic rings. The normalized spacial score (nSPS) is 32.0. The number of ether oxygens (including phenoxy) is 3. The fourth-order valence-electron chi connectivity index (χ4n) is 1.87. The fraction of sp³-hybridized carbons (Fsp3) is 1.00. The van der Waals surface area contributed by atoms with E-state index in [0.717, 1.165) is 25.7 Å². The fourth-order valence-corrected chi connectivity index (χ4v) is 1.87. The Morgan fingerprint density at radius 2 is 1.72 bits per heavy atom. The van der Waals surface area contributed by atoms with Crippen molar-refractivity contribution in [1.82, 2.24) is 0 Å². The minimum Gasteiger partial charge on any atom is -0.385 e. The number of unbranched alkanes of at least 4 members (excludes halogenated alkanes) is 2. The minimum atomic E-state index is -1.17. The molecule has 0 spiro atoms. The van der Waals surface area contributed by atoms with Gasteiger partial charge in [-0.05, 0) is 12.8 Å². The van der Waals surface area contributed by atoms with Gasteiger partial charge in [-0.15, -0.1) is 0 Å². The molecule has 0 aromatic carbocycles. The standard InChI is InChI=1S/C13H26O5/c1-3-5-7-16-9-10-12(17-8-6-4-2)11(14)13(15)18-10/h10-15H,3-9H2,1-2H3/t10-,11+,12-,13?/m1/s1. The van der Waals surface area contributed by atoms with E-state index in [1.54, 1.807) is 0 Å². The predicted molar refractivity (Wildman–Crippen MR) is 67.3 cm³/mol. The van der Waals surface area contributed by atoms with Crippen LogP contribution in [0, 0.1) is 0 Å². The molecule has 18 heavy (non-hydrogen) atoms. The van der Waals surface area contributed by atoms with Gasteiger partial charge in [-0.3, -0.25) is 0 Å². The number of hydrogen-bond donors (Lipinski definition) is 2. The quantitative estimate of drug-likeness (QED) is 0.608. The van der Waals surface area contributed by atoms with Gasteiger partial charge < -0.3 is 24.4 Å². The Morgan fingerprint density at radius 1 is 1.06 bits per heavy atom. The van der Waals surface area contributed by atoms with Crippen LogP contribution in [0.3, 0.4) is 0 Å². The summed E-state index contributed by atoms with van der Waals surface area (Å²) >= 11 is 0. The molecule has 0 saturated carbocycles. The van der Waals surface area contributed by atoms with Crippen molar-refractivity contribution in [3.63, 3.8) is 0 Å². The molecular formula is C13H26O5. The maximum absolute atomic E-state index is 9.77. The van der Waals surface area contributed by atoms with Crippen LogP contribution in [-0.2, 0) is 14.2 Å². The van der Waals surface area contributed by atoms with Gasteiger partial charge in [0.05, 0.1) is 6.61 Å². The predicted octanol–water partition coefficient (Wildman–Crippen LogP) is 1.07. The molecule has 5 nitrogen and oxygen atoms in total. The van der Waals surface area contributed by atoms with Crippen LogP contribution in [0.15, 0.2) is 0 Å². The molecule has 0 bridgehead atoms. The van der Waals surface area contributed by atoms with Crippen molar-refractivity contribution in [2.24, 2.45) is 0 Å². The van der Waals surface area contributed by atoms with Gasteiger partial charge >= 0.3 is 0 Å². The van der Waals surface area contributed by atoms with Gasteiger partial charge in [0.2, 0.25) is 0 Å². The third-order valence-electron chi connectivity index (χ3n) is 3.04. The maximum atomic E-state index is 9.77. The van der Waals surface area contributed by atoms with Crippen molar-refractivity contribution in [2.75, 3.05) is 19.8 Å². The molecule has 0 radical (unpaired) electrons. The van der Waals surface area contributed by atoms with E-state index in [0.29, 0.717) is 19.8 Å². The van der Waals surface area contributed by atoms with Crippen molar-refractivity contribution >= 4 is 0 Å². The summed E-state index contributed by atoms with van der Waals surface area (Å²) in [5.41, 5.74) is 0. The van der Waals surface area contributed by atoms with Crippen molar-refractivity contribution in [2.45, 2.75) is 64.1 Å². The second-order valence-corrected chi connectivity index (χ2v) is 4.67. The summed E-state index contributed by atoms with van der Waals surface area (Å²) in [7, 11) is 0. The highest BCUT2D eigenvalue weighted by Gasteiger charge is 2.43. The summed E-state index contributed by atoms with van der Waals surface area (Å²) in [6.07, 6.45) is 1.01. The largest absolute Gasteiger partial charge is 0.385 e. The number of hydrogen-bond acceptors (Lipinski definition) is 5. The Kier molecular flexibility index (Phi) is 7.77. The van der Waals surface area contributed by atoms with Crippen LogP contribution < -0.4 is 0 Å². The first-order valence-electron chi connectivity index (χ1n) is 6.91. The highest BCUT2D eigenvalue weighted by molar-refractivity contribution is 4.87. The van der Waals surface area contributed by atoms with Crippen molar-refractivity contribution in [3.8, 4) is 0 Å². The van der Waals surface area contributed by atoms with E-state index in [9.17, 15) is 10.2 Å². The zero-order valence-corrected chi connectivity index (χ0v) is 11.4. The summed E-state index contributed by atoms with van der Waals surface area (Å²) in [5, 5.41) is 19.3. The third kappa shape index (κ3) is 4.82. The van der Waals surface area contributed by atoms with Crippen LogP contribution >= 0.6 is 0 Å². The summed E-state index contributed by atoms with van der Waals surface area (Å²) in [6, 6.07) is 0. The zero-order chi connectivity index (χ0) is 13.4. The van der Waals surface area contributed by atoms with Crippen molar-refractivity contribution < 1.29 is 24.4 Å². The first-order valence-corrected chi connectivity index (χ1v) is 6.91. The van der Waals surface area contributed by atoms with Crippen LogP contribution in [0.1, 0.15) is 39.5 Å². The topological polar surface area (TPSA) is 68.2 Å². The van der Waals surface area contributed by atoms with E-state index in [-0.39, 0.29) is 6.10 Å². The first-order chi connectivity index (χ1) is 8.70. The highest BCUT2D eigenvalue weighted by Crippen LogP contribution is 2.23. The number of aliphatic hydroxyl groups excluding tert-OH is 2. The molecule has 0 aromatic rings. The smallest absolute Gasteiger partial charge is 0.184 e. The zero-order valence-electron chi connectivity index (χ0n) is 11.4. The van der Waals surface area contributed by atoms with Gasteiger partial charge in [0.25, 0.3) is 0 Å². The molecule has 2 N–H and O–H groups in total. The van der Waals surface area contributed by atoms with E-state index in [1.165, 1.54) is 0 Å². The lowest BCUT2D eigenvalue weighted by Gasteiger charge is -2.20. The van der Waals surface area contributed by atoms with E-state index in [4.69, 9.17) is 14.2 Å². The van der Waals surface area contributed by atoms with Crippen LogP contribution in [-0.4, -0.2) is 54.6 Å². The Labute approximate surface area is 109 Å². The molecule has 1 unspecified atom stereocenters. The van der Waals surface area contributed by atoms with Gasteiger partial charge in [0.1, 0.15) is 18.3 Å². The van der Waals surface area contributed by atoms with Crippen LogP contribution in [0.4, 0.5) is 0 Å². The average Bonchev–Trinajstić information content (AvgIpc) is 2.63. The van der Waals surface area contributed by atoms with E-state index in [2.05, 4.69) is 13.8 Å². The van der Waals surface area contributed by atoms with E-state index >= 15 is 0 Å². The molecule has 1 fully saturated rings. The molecule has 4 atom stereocenters. The van der Waals surface area contributed by atoms with Gasteiger partial charge in [0.15, 0.2) is 6.29 Å². The van der Waals surface area contributed by atoms with Gasteiger partial charge in [-0.1, -0.05) is 26.7 Å². The van der Waals surface area contributed by atoms with E-state index < -0.39 is 18.5 Å². The lowest BCUT2D eigenvalue weighted by atomic mass is 10.1. The number of rotatable bonds is 9. The lowest BCUT2D eigenvalue weighted by molar-refractivity contribution is -0.137. The Morgan fingerprint density at radius 3 is 2.39 bits per heavy atom. The molecule has 1 aliphatic heterocycles. The average molecular weight is 262 g/mol. The third-order valence-corrected chi connectivity index (χ3v) is 3.04. The highest BCUT2D eigenvalue weighted by atomic mass is 16.7. The van der Waals surface area contributed by atoms with Gasteiger partial charge in [0, 0.05) is 13.2 Å². The SMILES string of the molecule is CCCCOC[C@H]1OC(O)[C@@H](O)[C@@H]1OCCCC. The second kappa shape index (κ2) is 8.82. The Hall–Kier alpha value is -0.200. The minimum absolute atomic E-state index is 0.352. The molecule has 108 valence electrons. The van der Waals surface area contributed by atoms with E-state index in [1.807, 2.05) is 0 Å². The van der Waals surface area contributed by atoms with Gasteiger partial charge in [-0.2, -0.15) is 0 Å². The molecule has 1 rings (SSSR count). The molecule has 0 aromatic heterocycles. The molecule has 1 saturated heterocycles. The summed E-state index contributed by atoms with van der Waals surface area (Å²) in [6.45, 7) is 5.76. The molecule has 1 heterocycles.